The summed E-state index contributed by atoms with van der Waals surface area (Å²) in [7, 11) is -0.428. The Labute approximate surface area is 371 Å². The highest BCUT2D eigenvalue weighted by Crippen LogP contribution is 2.44. The first-order valence-electron chi connectivity index (χ1n) is 22.5. The fourth-order valence-electron chi connectivity index (χ4n) is 11.0. The molecule has 0 saturated carbocycles. The van der Waals surface area contributed by atoms with Crippen molar-refractivity contribution in [3.63, 3.8) is 0 Å². The van der Waals surface area contributed by atoms with Crippen molar-refractivity contribution >= 4 is 63.3 Å². The molecule has 2 bridgehead atoms. The number of halogens is 1. The molecule has 4 aliphatic rings. The minimum absolute atomic E-state index is 0.0373. The Morgan fingerprint density at radius 3 is 2.42 bits per heavy atom. The highest BCUT2D eigenvalue weighted by molar-refractivity contribution is 7.22. The van der Waals surface area contributed by atoms with Gasteiger partial charge in [-0.25, -0.2) is 14.2 Å². The van der Waals surface area contributed by atoms with Gasteiger partial charge < -0.3 is 29.2 Å². The standard InChI is InChI=1S/C47H64FN7O5SSi/c1-29(2)62(30(3)4,31(5)6)20-17-32-13-11-14-33-21-37(59-28-57-10)22-38(39(32)33)49-44-50-40-41(53-25-35-15-16-36(26-53)55(35)45(56)60-46(7,8)9)51-43(52-42(40)61-44)58-27-47-18-12-19-54(47)24-34(48)23-47/h11,13-14,21-22,29-31,34-36H,12,15-16,18-19,23-28H2,1-10H3,(H,49,50)/t34-,35?,36?,47+/m1/s1. The summed E-state index contributed by atoms with van der Waals surface area (Å²) in [5.74, 6) is 5.04. The molecular weight excluding hydrogens is 822 g/mol. The van der Waals surface area contributed by atoms with E-state index >= 15 is 0 Å². The van der Waals surface area contributed by atoms with Gasteiger partial charge in [0.2, 0.25) is 0 Å². The lowest BCUT2D eigenvalue weighted by Gasteiger charge is -2.41. The van der Waals surface area contributed by atoms with Gasteiger partial charge in [-0.2, -0.15) is 9.97 Å². The van der Waals surface area contributed by atoms with Crippen LogP contribution in [0.2, 0.25) is 16.6 Å². The lowest BCUT2D eigenvalue weighted by atomic mass is 9.95. The highest BCUT2D eigenvalue weighted by atomic mass is 32.1. The number of alkyl halides is 1. The van der Waals surface area contributed by atoms with Crippen molar-refractivity contribution < 1.29 is 28.1 Å². The van der Waals surface area contributed by atoms with Crippen molar-refractivity contribution in [3.8, 4) is 23.2 Å². The van der Waals surface area contributed by atoms with E-state index in [4.69, 9.17) is 33.9 Å². The molecule has 4 aliphatic heterocycles. The number of methoxy groups -OCH3 is 1. The van der Waals surface area contributed by atoms with Crippen LogP contribution in [0.15, 0.2) is 30.3 Å². The van der Waals surface area contributed by atoms with Crippen molar-refractivity contribution in [3.05, 3.63) is 35.9 Å². The minimum atomic E-state index is -2.04. The molecule has 62 heavy (non-hydrogen) atoms. The van der Waals surface area contributed by atoms with E-state index in [1.54, 1.807) is 7.11 Å². The third-order valence-corrected chi connectivity index (χ3v) is 20.8. The number of hydrogen-bond acceptors (Lipinski definition) is 12. The zero-order chi connectivity index (χ0) is 44.1. The third-order valence-electron chi connectivity index (χ3n) is 13.7. The molecule has 12 nitrogen and oxygen atoms in total. The van der Waals surface area contributed by atoms with Crippen LogP contribution in [0.5, 0.6) is 11.8 Å². The normalized spacial score (nSPS) is 22.8. The number of aromatic nitrogens is 3. The molecule has 8 rings (SSSR count). The second-order valence-corrected chi connectivity index (χ2v) is 26.3. The van der Waals surface area contributed by atoms with E-state index in [-0.39, 0.29) is 36.5 Å². The number of benzene rings is 2. The smallest absolute Gasteiger partial charge is 0.410 e. The molecule has 4 fully saturated rings. The molecule has 2 aromatic heterocycles. The maximum atomic E-state index is 14.8. The number of rotatable bonds is 12. The van der Waals surface area contributed by atoms with E-state index in [0.29, 0.717) is 76.3 Å². The van der Waals surface area contributed by atoms with Crippen LogP contribution in [0.1, 0.15) is 100.0 Å². The van der Waals surface area contributed by atoms with Crippen LogP contribution < -0.4 is 19.7 Å². The van der Waals surface area contributed by atoms with Gasteiger partial charge in [0.1, 0.15) is 37.7 Å². The number of anilines is 3. The van der Waals surface area contributed by atoms with Crippen LogP contribution >= 0.6 is 11.3 Å². The topological polar surface area (TPSA) is 114 Å². The zero-order valence-electron chi connectivity index (χ0n) is 38.1. The van der Waals surface area contributed by atoms with Gasteiger partial charge in [0.05, 0.1) is 23.3 Å². The summed E-state index contributed by atoms with van der Waals surface area (Å²) in [6.45, 7) is 22.6. The van der Waals surface area contributed by atoms with Crippen LogP contribution in [-0.2, 0) is 9.47 Å². The van der Waals surface area contributed by atoms with Gasteiger partial charge in [-0.1, -0.05) is 70.9 Å². The van der Waals surface area contributed by atoms with Gasteiger partial charge in [0.25, 0.3) is 0 Å². The number of amides is 1. The van der Waals surface area contributed by atoms with Gasteiger partial charge in [0, 0.05) is 50.2 Å². The Kier molecular flexibility index (Phi) is 12.4. The van der Waals surface area contributed by atoms with Crippen molar-refractivity contribution in [2.45, 2.75) is 140 Å². The molecule has 6 heterocycles. The zero-order valence-corrected chi connectivity index (χ0v) is 40.0. The van der Waals surface area contributed by atoms with Gasteiger partial charge in [-0.15, -0.1) is 5.54 Å². The molecule has 4 atom stereocenters. The maximum Gasteiger partial charge on any atom is 0.410 e. The summed E-state index contributed by atoms with van der Waals surface area (Å²) in [6, 6.07) is 10.4. The molecule has 4 aromatic rings. The average Bonchev–Trinajstić information content (AvgIpc) is 3.94. The van der Waals surface area contributed by atoms with Gasteiger partial charge in [0.15, 0.2) is 22.6 Å². The lowest BCUT2D eigenvalue weighted by Crippen LogP contribution is -2.57. The summed E-state index contributed by atoms with van der Waals surface area (Å²) in [6.07, 6.45) is 2.97. The number of thiazole rings is 1. The van der Waals surface area contributed by atoms with E-state index in [1.165, 1.54) is 11.3 Å². The van der Waals surface area contributed by atoms with E-state index in [2.05, 4.69) is 86.3 Å². The van der Waals surface area contributed by atoms with Crippen LogP contribution in [0.25, 0.3) is 21.1 Å². The predicted octanol–water partition coefficient (Wildman–Crippen LogP) is 10.1. The molecule has 334 valence electrons. The average molecular weight is 886 g/mol. The van der Waals surface area contributed by atoms with Crippen LogP contribution in [0.3, 0.4) is 0 Å². The summed E-state index contributed by atoms with van der Waals surface area (Å²) < 4.78 is 38.4. The van der Waals surface area contributed by atoms with Gasteiger partial charge in [-0.3, -0.25) is 9.80 Å². The monoisotopic (exact) mass is 885 g/mol. The fourth-order valence-corrected chi connectivity index (χ4v) is 17.1. The Morgan fingerprint density at radius 1 is 1.02 bits per heavy atom. The number of fused-ring (bicyclic) bond motifs is 5. The number of piperazine rings is 1. The van der Waals surface area contributed by atoms with Gasteiger partial charge >= 0.3 is 12.1 Å². The van der Waals surface area contributed by atoms with Crippen molar-refractivity contribution in [2.24, 2.45) is 0 Å². The molecule has 4 saturated heterocycles. The Hall–Kier alpha value is -4.23. The molecule has 2 unspecified atom stereocenters. The number of ether oxygens (including phenoxy) is 4. The van der Waals surface area contributed by atoms with Crippen molar-refractivity contribution in [1.82, 2.24) is 24.8 Å². The molecule has 0 aliphatic carbocycles. The molecule has 1 amide bonds. The minimum Gasteiger partial charge on any atom is -0.467 e. The van der Waals surface area contributed by atoms with Crippen LogP contribution in [-0.4, -0.2) is 115 Å². The third kappa shape index (κ3) is 8.56. The number of carbonyl (C=O) groups is 1. The lowest BCUT2D eigenvalue weighted by molar-refractivity contribution is 0.0122. The molecule has 0 spiro atoms. The van der Waals surface area contributed by atoms with E-state index < -0.39 is 19.8 Å². The summed E-state index contributed by atoms with van der Waals surface area (Å²) in [4.78, 5) is 35.7. The largest absolute Gasteiger partial charge is 0.467 e. The van der Waals surface area contributed by atoms with E-state index in [0.717, 1.165) is 54.3 Å². The quantitative estimate of drug-likeness (QED) is 0.0833. The summed E-state index contributed by atoms with van der Waals surface area (Å²) in [5.41, 5.74) is 6.88. The van der Waals surface area contributed by atoms with E-state index in [9.17, 15) is 9.18 Å². The number of nitrogens with zero attached hydrogens (tertiary/aromatic N) is 6. The second kappa shape index (κ2) is 17.4. The van der Waals surface area contributed by atoms with Crippen molar-refractivity contribution in [1.29, 1.82) is 0 Å². The van der Waals surface area contributed by atoms with Crippen LogP contribution in [0.4, 0.5) is 25.8 Å². The number of carbonyl (C=O) groups excluding carboxylic acids is 1. The summed E-state index contributed by atoms with van der Waals surface area (Å²) >= 11 is 1.43. The number of nitrogens with one attached hydrogen (secondary N) is 1. The SMILES string of the molecule is COCOc1cc(Nc2nc3c(N4CC5CCC(C4)N5C(=O)OC(C)(C)C)nc(OC[C@@]45CCCN4C[C@H](F)C5)nc3s2)c2c(C#C[Si](C(C)C)(C(C)C)C(C)C)cccc2c1. The van der Waals surface area contributed by atoms with Gasteiger partial charge in [-0.05, 0) is 87.1 Å². The second-order valence-electron chi connectivity index (χ2n) is 19.7. The molecule has 1 N–H and O–H groups in total. The Balaban J connectivity index is 1.19. The summed E-state index contributed by atoms with van der Waals surface area (Å²) in [5, 5.41) is 6.27. The first kappa shape index (κ1) is 44.4. The molecule has 2 aromatic carbocycles. The number of hydrogen-bond donors (Lipinski definition) is 1. The first-order valence-corrected chi connectivity index (χ1v) is 25.5. The maximum absolute atomic E-state index is 14.8. The highest BCUT2D eigenvalue weighted by Gasteiger charge is 2.50. The molecule has 15 heteroatoms. The fraction of sp³-hybridized carbons (Fsp3) is 0.617. The Morgan fingerprint density at radius 2 is 1.74 bits per heavy atom. The molecular formula is C47H64FN7O5SSi. The van der Waals surface area contributed by atoms with Crippen LogP contribution in [0, 0.1) is 11.5 Å². The first-order chi connectivity index (χ1) is 29.5. The Bertz CT molecular complexity index is 2320. The van der Waals surface area contributed by atoms with Crippen molar-refractivity contribution in [2.75, 3.05) is 56.9 Å². The van der Waals surface area contributed by atoms with E-state index in [1.807, 2.05) is 37.8 Å². The molecule has 0 radical (unpaired) electrons. The predicted molar refractivity (Wildman–Crippen MR) is 249 cm³/mol.